The Morgan fingerprint density at radius 2 is 1.38 bits per heavy atom. The molecule has 2 aromatic carbocycles. The van der Waals surface area contributed by atoms with E-state index in [1.807, 2.05) is 0 Å². The molecule has 21 heavy (non-hydrogen) atoms. The summed E-state index contributed by atoms with van der Waals surface area (Å²) in [5.41, 5.74) is 0.945. The molecule has 1 atom stereocenters. The molecule has 0 saturated carbocycles. The molecule has 1 amide bonds. The Bertz CT molecular complexity index is 650. The summed E-state index contributed by atoms with van der Waals surface area (Å²) < 4.78 is 0. The fourth-order valence-electron chi connectivity index (χ4n) is 1.88. The summed E-state index contributed by atoms with van der Waals surface area (Å²) in [4.78, 5) is 36.0. The van der Waals surface area contributed by atoms with Gasteiger partial charge < -0.3 is 5.32 Å². The van der Waals surface area contributed by atoms with Crippen LogP contribution in [0.15, 0.2) is 60.7 Å². The van der Waals surface area contributed by atoms with Crippen molar-refractivity contribution in [2.24, 2.45) is 5.92 Å². The van der Waals surface area contributed by atoms with Crippen molar-refractivity contribution in [1.82, 2.24) is 0 Å². The van der Waals surface area contributed by atoms with Crippen molar-refractivity contribution < 1.29 is 14.4 Å². The summed E-state index contributed by atoms with van der Waals surface area (Å²) in [6.45, 7) is 1.45. The van der Waals surface area contributed by atoms with E-state index in [-0.39, 0.29) is 5.78 Å². The van der Waals surface area contributed by atoms with Crippen LogP contribution < -0.4 is 5.32 Å². The van der Waals surface area contributed by atoms with Gasteiger partial charge in [-0.15, -0.1) is 0 Å². The summed E-state index contributed by atoms with van der Waals surface area (Å²) in [5.74, 6) is -2.88. The Morgan fingerprint density at radius 1 is 0.857 bits per heavy atom. The molecule has 0 saturated heterocycles. The van der Waals surface area contributed by atoms with Gasteiger partial charge >= 0.3 is 0 Å². The van der Waals surface area contributed by atoms with Gasteiger partial charge in [-0.1, -0.05) is 48.5 Å². The molecule has 1 unspecified atom stereocenters. The van der Waals surface area contributed by atoms with Gasteiger partial charge in [-0.25, -0.2) is 0 Å². The first-order chi connectivity index (χ1) is 10.1. The number of Topliss-reactive ketones (excluding diaryl/α,β-unsaturated/α-hetero) is 2. The van der Waals surface area contributed by atoms with Crippen LogP contribution >= 0.6 is 0 Å². The minimum atomic E-state index is -1.00. The molecule has 4 heteroatoms. The molecule has 2 rings (SSSR count). The Balaban J connectivity index is 2.05. The standard InChI is InChI=1S/C17H15NO3/c1-12(15(19)13-8-4-2-5-9-13)16(20)17(21)18-14-10-6-3-7-11-14/h2-12H,1H3,(H,18,21). The van der Waals surface area contributed by atoms with Crippen molar-refractivity contribution in [3.63, 3.8) is 0 Å². The van der Waals surface area contributed by atoms with Gasteiger partial charge in [0, 0.05) is 11.3 Å². The maximum absolute atomic E-state index is 12.1. The van der Waals surface area contributed by atoms with Crippen LogP contribution in [0, 0.1) is 5.92 Å². The Morgan fingerprint density at radius 3 is 1.95 bits per heavy atom. The number of para-hydroxylation sites is 1. The van der Waals surface area contributed by atoms with Gasteiger partial charge in [-0.05, 0) is 19.1 Å². The van der Waals surface area contributed by atoms with Crippen molar-refractivity contribution in [3.05, 3.63) is 66.2 Å². The molecule has 0 aliphatic carbocycles. The van der Waals surface area contributed by atoms with Gasteiger partial charge in [0.2, 0.25) is 5.78 Å². The number of nitrogens with one attached hydrogen (secondary N) is 1. The summed E-state index contributed by atoms with van der Waals surface area (Å²) in [6, 6.07) is 17.1. The van der Waals surface area contributed by atoms with Crippen LogP contribution in [-0.4, -0.2) is 17.5 Å². The summed E-state index contributed by atoms with van der Waals surface area (Å²) in [5, 5.41) is 2.49. The third-order valence-corrected chi connectivity index (χ3v) is 3.10. The molecule has 0 fully saturated rings. The molecular weight excluding hydrogens is 266 g/mol. The van der Waals surface area contributed by atoms with Crippen molar-refractivity contribution >= 4 is 23.2 Å². The van der Waals surface area contributed by atoms with Crippen molar-refractivity contribution in [1.29, 1.82) is 0 Å². The van der Waals surface area contributed by atoms with E-state index in [4.69, 9.17) is 0 Å². The topological polar surface area (TPSA) is 63.2 Å². The number of hydrogen-bond donors (Lipinski definition) is 1. The third-order valence-electron chi connectivity index (χ3n) is 3.10. The lowest BCUT2D eigenvalue weighted by Gasteiger charge is -2.10. The average molecular weight is 281 g/mol. The number of hydrogen-bond acceptors (Lipinski definition) is 3. The lowest BCUT2D eigenvalue weighted by molar-refractivity contribution is -0.136. The van der Waals surface area contributed by atoms with Crippen molar-refractivity contribution in [3.8, 4) is 0 Å². The van der Waals surface area contributed by atoms with E-state index >= 15 is 0 Å². The maximum atomic E-state index is 12.1. The number of amides is 1. The summed E-state index contributed by atoms with van der Waals surface area (Å²) >= 11 is 0. The molecule has 0 bridgehead atoms. The SMILES string of the molecule is CC(C(=O)C(=O)Nc1ccccc1)C(=O)c1ccccc1. The number of carbonyl (C=O) groups excluding carboxylic acids is 3. The second kappa shape index (κ2) is 6.61. The number of benzene rings is 2. The number of rotatable bonds is 5. The highest BCUT2D eigenvalue weighted by Crippen LogP contribution is 2.11. The van der Waals surface area contributed by atoms with E-state index in [9.17, 15) is 14.4 Å². The molecule has 1 N–H and O–H groups in total. The quantitative estimate of drug-likeness (QED) is 0.520. The van der Waals surface area contributed by atoms with Gasteiger partial charge in [-0.3, -0.25) is 14.4 Å². The minimum absolute atomic E-state index is 0.358. The van der Waals surface area contributed by atoms with E-state index in [0.29, 0.717) is 11.3 Å². The molecule has 0 aliphatic rings. The Kier molecular flexibility index (Phi) is 4.61. The van der Waals surface area contributed by atoms with E-state index in [0.717, 1.165) is 0 Å². The first kappa shape index (κ1) is 14.7. The zero-order chi connectivity index (χ0) is 15.2. The van der Waals surface area contributed by atoms with Crippen LogP contribution in [0.2, 0.25) is 0 Å². The summed E-state index contributed by atoms with van der Waals surface area (Å²) in [7, 11) is 0. The molecule has 106 valence electrons. The molecule has 0 radical (unpaired) electrons. The van der Waals surface area contributed by atoms with Gasteiger partial charge in [0.25, 0.3) is 5.91 Å². The highest BCUT2D eigenvalue weighted by molar-refractivity contribution is 6.45. The van der Waals surface area contributed by atoms with Gasteiger partial charge in [-0.2, -0.15) is 0 Å². The lowest BCUT2D eigenvalue weighted by atomic mass is 9.95. The third kappa shape index (κ3) is 3.63. The van der Waals surface area contributed by atoms with E-state index < -0.39 is 17.6 Å². The predicted molar refractivity (Wildman–Crippen MR) is 80.0 cm³/mol. The second-order valence-corrected chi connectivity index (χ2v) is 4.64. The monoisotopic (exact) mass is 281 g/mol. The first-order valence-electron chi connectivity index (χ1n) is 6.59. The van der Waals surface area contributed by atoms with Crippen molar-refractivity contribution in [2.75, 3.05) is 5.32 Å². The molecule has 0 aromatic heterocycles. The summed E-state index contributed by atoms with van der Waals surface area (Å²) in [6.07, 6.45) is 0. The van der Waals surface area contributed by atoms with Gasteiger partial charge in [0.1, 0.15) is 0 Å². The maximum Gasteiger partial charge on any atom is 0.292 e. The zero-order valence-electron chi connectivity index (χ0n) is 11.6. The fourth-order valence-corrected chi connectivity index (χ4v) is 1.88. The van der Waals surface area contributed by atoms with Crippen molar-refractivity contribution in [2.45, 2.75) is 6.92 Å². The second-order valence-electron chi connectivity index (χ2n) is 4.64. The van der Waals surface area contributed by atoms with E-state index in [1.165, 1.54) is 6.92 Å². The Hall–Kier alpha value is -2.75. The van der Waals surface area contributed by atoms with E-state index in [1.54, 1.807) is 60.7 Å². The average Bonchev–Trinajstić information content (AvgIpc) is 2.54. The molecule has 0 spiro atoms. The molecule has 0 heterocycles. The van der Waals surface area contributed by atoms with E-state index in [2.05, 4.69) is 5.32 Å². The minimum Gasteiger partial charge on any atom is -0.319 e. The van der Waals surface area contributed by atoms with Crippen LogP contribution in [0.5, 0.6) is 0 Å². The van der Waals surface area contributed by atoms with Crippen LogP contribution in [-0.2, 0) is 9.59 Å². The Labute approximate surface area is 122 Å². The molecule has 4 nitrogen and oxygen atoms in total. The molecular formula is C17H15NO3. The molecule has 2 aromatic rings. The number of carbonyl (C=O) groups is 3. The normalized spacial score (nSPS) is 11.5. The lowest BCUT2D eigenvalue weighted by Crippen LogP contribution is -2.32. The number of ketones is 2. The van der Waals surface area contributed by atoms with Gasteiger partial charge in [0.05, 0.1) is 5.92 Å². The van der Waals surface area contributed by atoms with Crippen LogP contribution in [0.4, 0.5) is 5.69 Å². The highest BCUT2D eigenvalue weighted by atomic mass is 16.2. The molecule has 0 aliphatic heterocycles. The predicted octanol–water partition coefficient (Wildman–Crippen LogP) is 2.71. The number of anilines is 1. The fraction of sp³-hybridized carbons (Fsp3) is 0.118. The van der Waals surface area contributed by atoms with Crippen LogP contribution in [0.1, 0.15) is 17.3 Å². The largest absolute Gasteiger partial charge is 0.319 e. The van der Waals surface area contributed by atoms with Crippen LogP contribution in [0.25, 0.3) is 0 Å². The smallest absolute Gasteiger partial charge is 0.292 e. The zero-order valence-corrected chi connectivity index (χ0v) is 11.6. The highest BCUT2D eigenvalue weighted by Gasteiger charge is 2.28. The van der Waals surface area contributed by atoms with Crippen LogP contribution in [0.3, 0.4) is 0 Å². The first-order valence-corrected chi connectivity index (χ1v) is 6.59. The van der Waals surface area contributed by atoms with Gasteiger partial charge in [0.15, 0.2) is 5.78 Å².